The summed E-state index contributed by atoms with van der Waals surface area (Å²) in [6.07, 6.45) is 0.882. The summed E-state index contributed by atoms with van der Waals surface area (Å²) in [4.78, 5) is 27.0. The van der Waals surface area contributed by atoms with Gasteiger partial charge in [-0.25, -0.2) is 4.79 Å². The largest absolute Gasteiger partial charge is 0.490 e. The zero-order chi connectivity index (χ0) is 22.8. The van der Waals surface area contributed by atoms with E-state index < -0.39 is 16.6 Å². The predicted octanol–water partition coefficient (Wildman–Crippen LogP) is 5.94. The lowest BCUT2D eigenvalue weighted by atomic mass is 10.1. The van der Waals surface area contributed by atoms with Gasteiger partial charge >= 0.3 is 11.8 Å². The van der Waals surface area contributed by atoms with Crippen LogP contribution in [-0.4, -0.2) is 28.7 Å². The number of nitro benzene ring substituents is 1. The molecule has 0 spiro atoms. The molecule has 0 atom stereocenters. The summed E-state index contributed by atoms with van der Waals surface area (Å²) < 4.78 is 16.2. The molecule has 31 heavy (non-hydrogen) atoms. The molecular weight excluding hydrogens is 426 g/mol. The van der Waals surface area contributed by atoms with Gasteiger partial charge in [0.2, 0.25) is 0 Å². The Morgan fingerprint density at radius 3 is 2.52 bits per heavy atom. The van der Waals surface area contributed by atoms with Crippen molar-refractivity contribution in [2.75, 3.05) is 12.4 Å². The Labute approximate surface area is 183 Å². The summed E-state index contributed by atoms with van der Waals surface area (Å²) in [6, 6.07) is 9.08. The third-order valence-corrected chi connectivity index (χ3v) is 4.32. The first kappa shape index (κ1) is 22.1. The van der Waals surface area contributed by atoms with Gasteiger partial charge in [0.25, 0.3) is 0 Å². The highest BCUT2D eigenvalue weighted by Gasteiger charge is 2.20. The Hall–Kier alpha value is -3.59. The van der Waals surface area contributed by atoms with Gasteiger partial charge < -0.3 is 14.2 Å². The van der Waals surface area contributed by atoms with E-state index in [1.807, 2.05) is 0 Å². The number of rotatable bonds is 5. The van der Waals surface area contributed by atoms with Gasteiger partial charge in [-0.15, -0.1) is 0 Å². The molecule has 2 aromatic carbocycles. The van der Waals surface area contributed by atoms with Crippen molar-refractivity contribution in [2.24, 2.45) is 0 Å². The maximum absolute atomic E-state index is 11.9. The maximum Gasteiger partial charge on any atom is 0.412 e. The van der Waals surface area contributed by atoms with E-state index in [-0.39, 0.29) is 16.5 Å². The van der Waals surface area contributed by atoms with Crippen LogP contribution in [0.4, 0.5) is 16.2 Å². The molecule has 0 aliphatic carbocycles. The minimum absolute atomic E-state index is 0.0998. The van der Waals surface area contributed by atoms with Crippen molar-refractivity contribution >= 4 is 40.0 Å². The quantitative estimate of drug-likeness (QED) is 0.381. The molecule has 0 unspecified atom stereocenters. The predicted molar refractivity (Wildman–Crippen MR) is 116 cm³/mol. The minimum atomic E-state index is -0.646. The molecule has 3 aromatic rings. The van der Waals surface area contributed by atoms with Crippen LogP contribution in [-0.2, 0) is 4.74 Å². The highest BCUT2D eigenvalue weighted by Crippen LogP contribution is 2.37. The number of anilines is 1. The average molecular weight is 446 g/mol. The second-order valence-electron chi connectivity index (χ2n) is 7.48. The lowest BCUT2D eigenvalue weighted by Crippen LogP contribution is -2.27. The Kier molecular flexibility index (Phi) is 6.16. The fourth-order valence-electron chi connectivity index (χ4n) is 2.73. The number of nitrogens with zero attached hydrogens (tertiary/aromatic N) is 2. The molecule has 1 heterocycles. The second-order valence-corrected chi connectivity index (χ2v) is 7.89. The molecule has 0 bridgehead atoms. The molecule has 9 nitrogen and oxygen atoms in total. The monoisotopic (exact) mass is 445 g/mol. The first-order valence-corrected chi connectivity index (χ1v) is 9.54. The van der Waals surface area contributed by atoms with Crippen molar-refractivity contribution in [3.63, 3.8) is 0 Å². The number of fused-ring (bicyclic) bond motifs is 1. The number of pyridine rings is 1. The van der Waals surface area contributed by atoms with Gasteiger partial charge in [-0.1, -0.05) is 11.6 Å². The molecule has 1 aromatic heterocycles. The number of benzene rings is 2. The molecule has 0 aliphatic heterocycles. The van der Waals surface area contributed by atoms with E-state index in [1.54, 1.807) is 39.0 Å². The van der Waals surface area contributed by atoms with E-state index in [4.69, 9.17) is 25.8 Å². The van der Waals surface area contributed by atoms with E-state index in [1.165, 1.54) is 31.5 Å². The van der Waals surface area contributed by atoms with Gasteiger partial charge in [-0.3, -0.25) is 20.4 Å². The lowest BCUT2D eigenvalue weighted by Gasteiger charge is -2.20. The van der Waals surface area contributed by atoms with Crippen molar-refractivity contribution in [1.29, 1.82) is 0 Å². The van der Waals surface area contributed by atoms with Crippen LogP contribution in [0.2, 0.25) is 5.02 Å². The number of nitrogens with one attached hydrogen (secondary N) is 1. The number of hydrogen-bond acceptors (Lipinski definition) is 7. The first-order valence-electron chi connectivity index (χ1n) is 9.16. The van der Waals surface area contributed by atoms with Crippen LogP contribution in [0.3, 0.4) is 0 Å². The van der Waals surface area contributed by atoms with Crippen molar-refractivity contribution in [3.8, 4) is 17.2 Å². The molecule has 0 saturated heterocycles. The number of carbonyl (C=O) groups excluding carboxylic acids is 1. The number of methoxy groups -OCH3 is 1. The van der Waals surface area contributed by atoms with Gasteiger partial charge in [0.15, 0.2) is 5.75 Å². The fourth-order valence-corrected chi connectivity index (χ4v) is 2.95. The molecule has 0 aliphatic rings. The van der Waals surface area contributed by atoms with Crippen LogP contribution in [0.25, 0.3) is 10.9 Å². The summed E-state index contributed by atoms with van der Waals surface area (Å²) in [5, 5.41) is 14.6. The van der Waals surface area contributed by atoms with Crippen LogP contribution >= 0.6 is 11.6 Å². The molecule has 1 amide bonds. The molecule has 0 fully saturated rings. The normalized spacial score (nSPS) is 11.1. The number of amides is 1. The van der Waals surface area contributed by atoms with Gasteiger partial charge in [0.05, 0.1) is 33.6 Å². The van der Waals surface area contributed by atoms with Gasteiger partial charge in [0, 0.05) is 24.4 Å². The number of nitro groups is 1. The summed E-state index contributed by atoms with van der Waals surface area (Å²) in [5.41, 5.74) is -0.0342. The molecule has 3 rings (SSSR count). The minimum Gasteiger partial charge on any atom is -0.490 e. The third-order valence-electron chi connectivity index (χ3n) is 4.00. The van der Waals surface area contributed by atoms with Gasteiger partial charge in [0.1, 0.15) is 17.1 Å². The number of carbonyl (C=O) groups is 1. The maximum atomic E-state index is 11.9. The highest BCUT2D eigenvalue weighted by atomic mass is 35.5. The molecular formula is C21H20ClN3O6. The highest BCUT2D eigenvalue weighted by molar-refractivity contribution is 6.33. The van der Waals surface area contributed by atoms with Crippen LogP contribution in [0, 0.1) is 10.1 Å². The molecule has 1 N–H and O–H groups in total. The van der Waals surface area contributed by atoms with Crippen molar-refractivity contribution < 1.29 is 23.9 Å². The average Bonchev–Trinajstić information content (AvgIpc) is 2.67. The van der Waals surface area contributed by atoms with Crippen LogP contribution < -0.4 is 14.8 Å². The Balaban J connectivity index is 1.89. The lowest BCUT2D eigenvalue weighted by molar-refractivity contribution is -0.385. The Morgan fingerprint density at radius 2 is 1.90 bits per heavy atom. The van der Waals surface area contributed by atoms with Crippen molar-refractivity contribution in [3.05, 3.63) is 57.7 Å². The zero-order valence-electron chi connectivity index (χ0n) is 17.3. The Morgan fingerprint density at radius 1 is 1.16 bits per heavy atom. The summed E-state index contributed by atoms with van der Waals surface area (Å²) >= 11 is 6.27. The van der Waals surface area contributed by atoms with E-state index in [9.17, 15) is 14.9 Å². The van der Waals surface area contributed by atoms with Crippen LogP contribution in [0.15, 0.2) is 42.6 Å². The third kappa shape index (κ3) is 5.32. The summed E-state index contributed by atoms with van der Waals surface area (Å²) in [6.45, 7) is 5.26. The zero-order valence-corrected chi connectivity index (χ0v) is 18.0. The van der Waals surface area contributed by atoms with Gasteiger partial charge in [-0.2, -0.15) is 0 Å². The van der Waals surface area contributed by atoms with E-state index in [0.717, 1.165) is 0 Å². The number of hydrogen-bond donors (Lipinski definition) is 1. The molecule has 0 radical (unpaired) electrons. The topological polar surface area (TPSA) is 113 Å². The second kappa shape index (κ2) is 8.65. The van der Waals surface area contributed by atoms with E-state index >= 15 is 0 Å². The standard InChI is InChI=1S/C21H20ClN3O6/c1-21(2,3)31-20(26)24-15-6-5-12(9-14(15)22)30-18-7-8-23-16-11-19(29-4)17(25(27)28)10-13(16)18/h5-11H,1-4H3,(H,24,26). The van der Waals surface area contributed by atoms with Crippen LogP contribution in [0.5, 0.6) is 17.2 Å². The van der Waals surface area contributed by atoms with E-state index in [0.29, 0.717) is 28.1 Å². The number of halogens is 1. The van der Waals surface area contributed by atoms with Crippen LogP contribution in [0.1, 0.15) is 20.8 Å². The number of ether oxygens (including phenoxy) is 3. The number of aromatic nitrogens is 1. The smallest absolute Gasteiger partial charge is 0.412 e. The molecule has 10 heteroatoms. The fraction of sp³-hybridized carbons (Fsp3) is 0.238. The summed E-state index contributed by atoms with van der Waals surface area (Å²) in [7, 11) is 1.35. The SMILES string of the molecule is COc1cc2nccc(Oc3ccc(NC(=O)OC(C)(C)C)c(Cl)c3)c2cc1[N+](=O)[O-]. The van der Waals surface area contributed by atoms with Gasteiger partial charge in [-0.05, 0) is 39.0 Å². The van der Waals surface area contributed by atoms with Crippen molar-refractivity contribution in [1.82, 2.24) is 4.98 Å². The summed E-state index contributed by atoms with van der Waals surface area (Å²) in [5.74, 6) is 0.813. The molecule has 162 valence electrons. The first-order chi connectivity index (χ1) is 14.6. The van der Waals surface area contributed by atoms with E-state index in [2.05, 4.69) is 10.3 Å². The molecule has 0 saturated carbocycles. The van der Waals surface area contributed by atoms with Crippen molar-refractivity contribution in [2.45, 2.75) is 26.4 Å². The Bertz CT molecular complexity index is 1160.